The van der Waals surface area contributed by atoms with Crippen molar-refractivity contribution >= 4 is 17.2 Å². The number of piperidine rings is 1. The Hall–Kier alpha value is -1.62. The van der Waals surface area contributed by atoms with Crippen LogP contribution < -0.4 is 0 Å². The Bertz CT molecular complexity index is 618. The first kappa shape index (κ1) is 14.3. The molecule has 0 aromatic carbocycles. The highest BCUT2D eigenvalue weighted by atomic mass is 32.1. The van der Waals surface area contributed by atoms with E-state index in [1.165, 1.54) is 5.69 Å². The van der Waals surface area contributed by atoms with Gasteiger partial charge in [0.15, 0.2) is 0 Å². The molecule has 0 N–H and O–H groups in total. The van der Waals surface area contributed by atoms with Crippen LogP contribution in [0.5, 0.6) is 0 Å². The molecular formula is C16H21N3OS. The van der Waals surface area contributed by atoms with Gasteiger partial charge in [0.25, 0.3) is 0 Å². The van der Waals surface area contributed by atoms with Gasteiger partial charge in [-0.1, -0.05) is 6.07 Å². The number of thiophene rings is 1. The second-order valence-corrected chi connectivity index (χ2v) is 6.80. The molecule has 1 aliphatic rings. The Morgan fingerprint density at radius 3 is 3.00 bits per heavy atom. The molecule has 0 aliphatic carbocycles. The topological polar surface area (TPSA) is 38.1 Å². The van der Waals surface area contributed by atoms with Gasteiger partial charge in [-0.25, -0.2) is 0 Å². The van der Waals surface area contributed by atoms with E-state index in [1.54, 1.807) is 11.3 Å². The Balaban J connectivity index is 1.68. The highest BCUT2D eigenvalue weighted by molar-refractivity contribution is 7.10. The SMILES string of the molecule is Cc1cc(C)n(C2CCCN(C(=O)Cc3cccs3)C2)n1. The van der Waals surface area contributed by atoms with Gasteiger partial charge in [0, 0.05) is 23.7 Å². The van der Waals surface area contributed by atoms with Crippen molar-refractivity contribution in [3.05, 3.63) is 39.8 Å². The van der Waals surface area contributed by atoms with Crippen molar-refractivity contribution in [3.63, 3.8) is 0 Å². The van der Waals surface area contributed by atoms with Gasteiger partial charge in [0.05, 0.1) is 18.2 Å². The van der Waals surface area contributed by atoms with Gasteiger partial charge < -0.3 is 4.90 Å². The predicted octanol–water partition coefficient (Wildman–Crippen LogP) is 2.97. The minimum absolute atomic E-state index is 0.240. The summed E-state index contributed by atoms with van der Waals surface area (Å²) in [6, 6.07) is 6.46. The summed E-state index contributed by atoms with van der Waals surface area (Å²) >= 11 is 1.65. The fraction of sp³-hybridized carbons (Fsp3) is 0.500. The van der Waals surface area contributed by atoms with E-state index in [0.717, 1.165) is 36.5 Å². The molecule has 0 bridgehead atoms. The van der Waals surface area contributed by atoms with E-state index in [2.05, 4.69) is 22.8 Å². The molecule has 21 heavy (non-hydrogen) atoms. The number of aromatic nitrogens is 2. The monoisotopic (exact) mass is 303 g/mol. The van der Waals surface area contributed by atoms with Crippen LogP contribution in [0.3, 0.4) is 0 Å². The highest BCUT2D eigenvalue weighted by Gasteiger charge is 2.26. The van der Waals surface area contributed by atoms with Crippen LogP contribution in [0, 0.1) is 13.8 Å². The van der Waals surface area contributed by atoms with Gasteiger partial charge in [0.2, 0.25) is 5.91 Å². The van der Waals surface area contributed by atoms with Gasteiger partial charge >= 0.3 is 0 Å². The molecule has 0 radical (unpaired) electrons. The lowest BCUT2D eigenvalue weighted by molar-refractivity contribution is -0.132. The fourth-order valence-electron chi connectivity index (χ4n) is 3.07. The predicted molar refractivity (Wildman–Crippen MR) is 84.6 cm³/mol. The molecule has 3 rings (SSSR count). The number of hydrogen-bond donors (Lipinski definition) is 0. The molecule has 112 valence electrons. The molecule has 1 atom stereocenters. The largest absolute Gasteiger partial charge is 0.340 e. The first-order valence-corrected chi connectivity index (χ1v) is 8.34. The van der Waals surface area contributed by atoms with Crippen molar-refractivity contribution < 1.29 is 4.79 Å². The maximum atomic E-state index is 12.4. The smallest absolute Gasteiger partial charge is 0.227 e. The van der Waals surface area contributed by atoms with Gasteiger partial charge in [-0.05, 0) is 44.2 Å². The first-order valence-electron chi connectivity index (χ1n) is 7.46. The summed E-state index contributed by atoms with van der Waals surface area (Å²) in [6.45, 7) is 5.77. The lowest BCUT2D eigenvalue weighted by Gasteiger charge is -2.33. The molecule has 4 nitrogen and oxygen atoms in total. The van der Waals surface area contributed by atoms with Crippen molar-refractivity contribution in [2.24, 2.45) is 0 Å². The van der Waals surface area contributed by atoms with Crippen molar-refractivity contribution in [3.8, 4) is 0 Å². The zero-order chi connectivity index (χ0) is 14.8. The van der Waals surface area contributed by atoms with E-state index in [9.17, 15) is 4.79 Å². The average Bonchev–Trinajstić information content (AvgIpc) is 3.08. The standard InChI is InChI=1S/C16H21N3OS/c1-12-9-13(2)19(17-12)14-5-3-7-18(11-14)16(20)10-15-6-4-8-21-15/h4,6,8-9,14H,3,5,7,10-11H2,1-2H3. The maximum absolute atomic E-state index is 12.4. The normalized spacial score (nSPS) is 19.0. The quantitative estimate of drug-likeness (QED) is 0.874. The summed E-state index contributed by atoms with van der Waals surface area (Å²) in [5.74, 6) is 0.240. The van der Waals surface area contributed by atoms with Crippen LogP contribution in [-0.2, 0) is 11.2 Å². The minimum Gasteiger partial charge on any atom is -0.340 e. The number of carbonyl (C=O) groups is 1. The minimum atomic E-state index is 0.240. The highest BCUT2D eigenvalue weighted by Crippen LogP contribution is 2.23. The fourth-order valence-corrected chi connectivity index (χ4v) is 3.77. The number of amides is 1. The molecule has 1 unspecified atom stereocenters. The molecule has 1 fully saturated rings. The number of aryl methyl sites for hydroxylation is 2. The van der Waals surface area contributed by atoms with E-state index in [0.29, 0.717) is 12.5 Å². The maximum Gasteiger partial charge on any atom is 0.227 e. The van der Waals surface area contributed by atoms with Crippen LogP contribution in [0.15, 0.2) is 23.6 Å². The molecule has 0 spiro atoms. The molecule has 2 aromatic heterocycles. The Morgan fingerprint density at radius 2 is 2.33 bits per heavy atom. The summed E-state index contributed by atoms with van der Waals surface area (Å²) in [4.78, 5) is 15.6. The van der Waals surface area contributed by atoms with Crippen molar-refractivity contribution in [1.82, 2.24) is 14.7 Å². The molecule has 1 saturated heterocycles. The molecule has 0 saturated carbocycles. The zero-order valence-corrected chi connectivity index (χ0v) is 13.4. The van der Waals surface area contributed by atoms with Crippen LogP contribution in [0.1, 0.15) is 35.1 Å². The lowest BCUT2D eigenvalue weighted by Crippen LogP contribution is -2.41. The molecule has 2 aromatic rings. The van der Waals surface area contributed by atoms with Crippen molar-refractivity contribution in [2.75, 3.05) is 13.1 Å². The number of nitrogens with zero attached hydrogens (tertiary/aromatic N) is 3. The summed E-state index contributed by atoms with van der Waals surface area (Å²) < 4.78 is 2.10. The molecular weight excluding hydrogens is 282 g/mol. The number of hydrogen-bond acceptors (Lipinski definition) is 3. The van der Waals surface area contributed by atoms with Crippen molar-refractivity contribution in [1.29, 1.82) is 0 Å². The second kappa shape index (κ2) is 6.02. The third kappa shape index (κ3) is 3.18. The Morgan fingerprint density at radius 1 is 1.48 bits per heavy atom. The molecule has 5 heteroatoms. The summed E-state index contributed by atoms with van der Waals surface area (Å²) in [7, 11) is 0. The number of likely N-dealkylation sites (tertiary alicyclic amines) is 1. The summed E-state index contributed by atoms with van der Waals surface area (Å²) in [6.07, 6.45) is 2.69. The van der Waals surface area contributed by atoms with Crippen LogP contribution in [0.25, 0.3) is 0 Å². The third-order valence-corrected chi connectivity index (χ3v) is 4.92. The van der Waals surface area contributed by atoms with Crippen LogP contribution in [0.2, 0.25) is 0 Å². The summed E-state index contributed by atoms with van der Waals surface area (Å²) in [5, 5.41) is 6.61. The van der Waals surface area contributed by atoms with E-state index >= 15 is 0 Å². The number of carbonyl (C=O) groups excluding carboxylic acids is 1. The van der Waals surface area contributed by atoms with Crippen LogP contribution in [0.4, 0.5) is 0 Å². The van der Waals surface area contributed by atoms with E-state index in [1.807, 2.05) is 29.3 Å². The second-order valence-electron chi connectivity index (χ2n) is 5.76. The zero-order valence-electron chi connectivity index (χ0n) is 12.6. The molecule has 1 aliphatic heterocycles. The van der Waals surface area contributed by atoms with E-state index in [4.69, 9.17) is 0 Å². The number of rotatable bonds is 3. The third-order valence-electron chi connectivity index (χ3n) is 4.05. The van der Waals surface area contributed by atoms with Gasteiger partial charge in [-0.3, -0.25) is 9.48 Å². The average molecular weight is 303 g/mol. The molecule has 1 amide bonds. The lowest BCUT2D eigenvalue weighted by atomic mass is 10.1. The van der Waals surface area contributed by atoms with Crippen LogP contribution in [-0.4, -0.2) is 33.7 Å². The molecule has 3 heterocycles. The van der Waals surface area contributed by atoms with E-state index < -0.39 is 0 Å². The Labute approximate surface area is 129 Å². The Kier molecular flexibility index (Phi) is 4.10. The first-order chi connectivity index (χ1) is 10.1. The van der Waals surface area contributed by atoms with Gasteiger partial charge in [0.1, 0.15) is 0 Å². The van der Waals surface area contributed by atoms with Crippen molar-refractivity contribution in [2.45, 2.75) is 39.2 Å². The van der Waals surface area contributed by atoms with Crippen LogP contribution >= 0.6 is 11.3 Å². The van der Waals surface area contributed by atoms with Gasteiger partial charge in [-0.15, -0.1) is 11.3 Å². The summed E-state index contributed by atoms with van der Waals surface area (Å²) in [5.41, 5.74) is 2.24. The van der Waals surface area contributed by atoms with Gasteiger partial charge in [-0.2, -0.15) is 5.10 Å². The van der Waals surface area contributed by atoms with E-state index in [-0.39, 0.29) is 5.91 Å².